The highest BCUT2D eigenvalue weighted by atomic mass is 16.8. The van der Waals surface area contributed by atoms with Gasteiger partial charge >= 0.3 is 6.04 Å². The normalized spacial score (nSPS) is 21.8. The highest BCUT2D eigenvalue weighted by molar-refractivity contribution is 5.93. The summed E-state index contributed by atoms with van der Waals surface area (Å²) in [6.07, 6.45) is 6.04. The highest BCUT2D eigenvalue weighted by Gasteiger charge is 2.36. The summed E-state index contributed by atoms with van der Waals surface area (Å²) in [4.78, 5) is 27.2. The summed E-state index contributed by atoms with van der Waals surface area (Å²) in [5, 5.41) is 0. The van der Waals surface area contributed by atoms with Crippen LogP contribution in [0.5, 0.6) is 0 Å². The first-order chi connectivity index (χ1) is 6.25. The Labute approximate surface area is 77.1 Å². The Morgan fingerprint density at radius 2 is 2.31 bits per heavy atom. The summed E-state index contributed by atoms with van der Waals surface area (Å²) >= 11 is 0. The molecule has 0 radical (unpaired) electrons. The van der Waals surface area contributed by atoms with Crippen molar-refractivity contribution in [3.8, 4) is 0 Å². The van der Waals surface area contributed by atoms with Gasteiger partial charge in [-0.05, 0) is 6.42 Å². The van der Waals surface area contributed by atoms with Crippen LogP contribution in [0.4, 0.5) is 0 Å². The van der Waals surface area contributed by atoms with Crippen molar-refractivity contribution in [3.05, 3.63) is 17.2 Å². The molecule has 4 heteroatoms. The maximum absolute atomic E-state index is 11.2. The number of carbonyl (C=O) groups is 1. The molecule has 0 aromatic rings. The number of unbranched alkanes of at least 4 members (excludes halogenated alkanes) is 2. The standard InChI is InChI=1S/C9H14NO3/c1-2-3-4-5-8-9(11)6-7-13-10(8)12/h6-8H,2-5H2,1H3/q+1. The fraction of sp³-hybridized carbons (Fsp3) is 0.667. The van der Waals surface area contributed by atoms with Crippen LogP contribution in [0.15, 0.2) is 12.3 Å². The molecule has 1 rings (SSSR count). The van der Waals surface area contributed by atoms with Crippen molar-refractivity contribution < 1.29 is 14.6 Å². The van der Waals surface area contributed by atoms with E-state index in [4.69, 9.17) is 0 Å². The van der Waals surface area contributed by atoms with E-state index in [-0.39, 0.29) is 5.78 Å². The minimum absolute atomic E-state index is 0.155. The molecule has 0 aromatic heterocycles. The lowest BCUT2D eigenvalue weighted by molar-refractivity contribution is -0.802. The van der Waals surface area contributed by atoms with E-state index < -0.39 is 6.04 Å². The van der Waals surface area contributed by atoms with Crippen molar-refractivity contribution in [2.75, 3.05) is 0 Å². The average molecular weight is 184 g/mol. The summed E-state index contributed by atoms with van der Waals surface area (Å²) in [7, 11) is 0. The quantitative estimate of drug-likeness (QED) is 0.625. The molecule has 0 aliphatic carbocycles. The largest absolute Gasteiger partial charge is 0.318 e. The van der Waals surface area contributed by atoms with E-state index in [9.17, 15) is 9.70 Å². The first kappa shape index (κ1) is 9.89. The minimum atomic E-state index is -0.628. The summed E-state index contributed by atoms with van der Waals surface area (Å²) < 4.78 is 0. The first-order valence-corrected chi connectivity index (χ1v) is 4.59. The van der Waals surface area contributed by atoms with Gasteiger partial charge in [0.05, 0.1) is 4.91 Å². The third-order valence-corrected chi connectivity index (χ3v) is 2.06. The van der Waals surface area contributed by atoms with Gasteiger partial charge < -0.3 is 0 Å². The number of hydrogen-bond donors (Lipinski definition) is 0. The van der Waals surface area contributed by atoms with Crippen LogP contribution >= 0.6 is 0 Å². The maximum atomic E-state index is 11.2. The molecule has 0 saturated carbocycles. The zero-order valence-electron chi connectivity index (χ0n) is 7.73. The van der Waals surface area contributed by atoms with Gasteiger partial charge in [-0.3, -0.25) is 4.79 Å². The van der Waals surface area contributed by atoms with Crippen LogP contribution in [-0.2, 0) is 9.63 Å². The van der Waals surface area contributed by atoms with E-state index in [0.29, 0.717) is 11.3 Å². The molecular weight excluding hydrogens is 170 g/mol. The zero-order chi connectivity index (χ0) is 9.68. The van der Waals surface area contributed by atoms with Crippen molar-refractivity contribution in [1.82, 2.24) is 0 Å². The molecule has 72 valence electrons. The van der Waals surface area contributed by atoms with Crippen LogP contribution in [0.2, 0.25) is 0 Å². The Hall–Kier alpha value is -1.19. The van der Waals surface area contributed by atoms with Crippen LogP contribution in [0, 0.1) is 4.91 Å². The van der Waals surface area contributed by atoms with Gasteiger partial charge in [-0.15, -0.1) is 0 Å². The van der Waals surface area contributed by atoms with E-state index in [0.717, 1.165) is 25.5 Å². The van der Waals surface area contributed by atoms with Crippen LogP contribution in [0.3, 0.4) is 0 Å². The minimum Gasteiger partial charge on any atom is -0.287 e. The molecule has 1 unspecified atom stereocenters. The summed E-state index contributed by atoms with van der Waals surface area (Å²) in [5.74, 6) is -0.155. The molecule has 0 N–H and O–H groups in total. The molecule has 0 saturated heterocycles. The Morgan fingerprint density at radius 1 is 1.54 bits per heavy atom. The molecular formula is C9H14NO3+. The molecule has 0 aromatic carbocycles. The molecule has 1 atom stereocenters. The van der Waals surface area contributed by atoms with E-state index in [2.05, 4.69) is 11.8 Å². The van der Waals surface area contributed by atoms with Gasteiger partial charge in [0.25, 0.3) is 0 Å². The topological polar surface area (TPSA) is 46.4 Å². The molecule has 4 nitrogen and oxygen atoms in total. The van der Waals surface area contributed by atoms with Gasteiger partial charge in [-0.2, -0.15) is 4.84 Å². The molecule has 1 aliphatic heterocycles. The smallest absolute Gasteiger partial charge is 0.287 e. The van der Waals surface area contributed by atoms with Crippen LogP contribution < -0.4 is 0 Å². The van der Waals surface area contributed by atoms with E-state index in [1.54, 1.807) is 0 Å². The molecule has 13 heavy (non-hydrogen) atoms. The van der Waals surface area contributed by atoms with E-state index in [1.165, 1.54) is 6.08 Å². The van der Waals surface area contributed by atoms with Crippen molar-refractivity contribution in [1.29, 1.82) is 0 Å². The van der Waals surface area contributed by atoms with Gasteiger partial charge in [0, 0.05) is 12.5 Å². The third kappa shape index (κ3) is 2.65. The molecule has 1 heterocycles. The van der Waals surface area contributed by atoms with E-state index >= 15 is 0 Å². The van der Waals surface area contributed by atoms with Crippen LogP contribution in [-0.4, -0.2) is 16.7 Å². The molecule has 1 aliphatic rings. The predicted octanol–water partition coefficient (Wildman–Crippen LogP) is 1.74. The maximum Gasteiger partial charge on any atom is 0.318 e. The Kier molecular flexibility index (Phi) is 3.61. The first-order valence-electron chi connectivity index (χ1n) is 4.59. The third-order valence-electron chi connectivity index (χ3n) is 2.06. The average Bonchev–Trinajstić information content (AvgIpc) is 2.10. The Balaban J connectivity index is 2.42. The second-order valence-electron chi connectivity index (χ2n) is 3.11. The summed E-state index contributed by atoms with van der Waals surface area (Å²) in [6.45, 7) is 2.08. The number of carbonyl (C=O) groups excluding carboxylic acids is 1. The van der Waals surface area contributed by atoms with Crippen molar-refractivity contribution >= 4 is 5.78 Å². The van der Waals surface area contributed by atoms with Gasteiger partial charge in [-0.25, -0.2) is 0 Å². The lowest BCUT2D eigenvalue weighted by Gasteiger charge is -2.05. The molecule has 0 bridgehead atoms. The molecule has 0 fully saturated rings. The summed E-state index contributed by atoms with van der Waals surface area (Å²) in [5.41, 5.74) is 0. The fourth-order valence-electron chi connectivity index (χ4n) is 1.28. The van der Waals surface area contributed by atoms with Crippen LogP contribution in [0.1, 0.15) is 32.6 Å². The lowest BCUT2D eigenvalue weighted by Crippen LogP contribution is -2.33. The van der Waals surface area contributed by atoms with Crippen LogP contribution in [0.25, 0.3) is 0 Å². The van der Waals surface area contributed by atoms with Crippen molar-refractivity contribution in [3.63, 3.8) is 0 Å². The summed E-state index contributed by atoms with van der Waals surface area (Å²) in [6, 6.07) is -0.628. The van der Waals surface area contributed by atoms with Gasteiger partial charge in [0.1, 0.15) is 0 Å². The van der Waals surface area contributed by atoms with Crippen molar-refractivity contribution in [2.45, 2.75) is 38.6 Å². The second kappa shape index (κ2) is 4.74. The lowest BCUT2D eigenvalue weighted by atomic mass is 10.0. The Morgan fingerprint density at radius 3 is 2.92 bits per heavy atom. The Bertz CT molecular complexity index is 235. The number of hydrogen-bond acceptors (Lipinski definition) is 3. The van der Waals surface area contributed by atoms with Gasteiger partial charge in [-0.1, -0.05) is 19.8 Å². The molecule has 0 spiro atoms. The van der Waals surface area contributed by atoms with Crippen molar-refractivity contribution in [2.24, 2.45) is 0 Å². The number of ketones is 1. The van der Waals surface area contributed by atoms with Gasteiger partial charge in [0.2, 0.25) is 10.7 Å². The number of nitrogens with zero attached hydrogens (tertiary/aromatic N) is 1. The highest BCUT2D eigenvalue weighted by Crippen LogP contribution is 2.11. The SMILES string of the molecule is CCCCCC1C(=O)C=CO[N+]1=O. The molecule has 0 amide bonds. The predicted molar refractivity (Wildman–Crippen MR) is 46.8 cm³/mol. The monoisotopic (exact) mass is 184 g/mol. The number of rotatable bonds is 4. The van der Waals surface area contributed by atoms with Gasteiger partial charge in [0.15, 0.2) is 6.26 Å². The second-order valence-corrected chi connectivity index (χ2v) is 3.11. The zero-order valence-corrected chi connectivity index (χ0v) is 7.73. The van der Waals surface area contributed by atoms with E-state index in [1.807, 2.05) is 0 Å². The fourth-order valence-corrected chi connectivity index (χ4v) is 1.28.